The van der Waals surface area contributed by atoms with E-state index in [1.54, 1.807) is 12.5 Å². The van der Waals surface area contributed by atoms with Gasteiger partial charge in [0.15, 0.2) is 0 Å². The lowest BCUT2D eigenvalue weighted by molar-refractivity contribution is -0.121. The lowest BCUT2D eigenvalue weighted by Crippen LogP contribution is -2.30. The van der Waals surface area contributed by atoms with Crippen LogP contribution in [0.1, 0.15) is 49.8 Å². The molecule has 1 fully saturated rings. The summed E-state index contributed by atoms with van der Waals surface area (Å²) in [5, 5.41) is 3.08. The second kappa shape index (κ2) is 8.81. The Labute approximate surface area is 150 Å². The van der Waals surface area contributed by atoms with Crippen LogP contribution in [0.15, 0.2) is 43.0 Å². The lowest BCUT2D eigenvalue weighted by Gasteiger charge is -2.27. The molecule has 2 heterocycles. The van der Waals surface area contributed by atoms with Gasteiger partial charge >= 0.3 is 0 Å². The van der Waals surface area contributed by atoms with E-state index in [-0.39, 0.29) is 11.9 Å². The van der Waals surface area contributed by atoms with Gasteiger partial charge in [-0.25, -0.2) is 4.98 Å². The molecule has 1 aliphatic rings. The molecule has 0 bridgehead atoms. The topological polar surface area (TPSA) is 50.2 Å². The number of benzene rings is 1. The Kier molecular flexibility index (Phi) is 6.23. The Morgan fingerprint density at radius 3 is 2.68 bits per heavy atom. The van der Waals surface area contributed by atoms with Gasteiger partial charge in [-0.1, -0.05) is 30.7 Å². The molecule has 0 spiro atoms. The molecule has 0 aliphatic carbocycles. The fraction of sp³-hybridized carbons (Fsp3) is 0.500. The molecular formula is C20H28N4O. The maximum absolute atomic E-state index is 12.3. The summed E-state index contributed by atoms with van der Waals surface area (Å²) in [7, 11) is 0. The number of amides is 1. The Hall–Kier alpha value is -2.14. The van der Waals surface area contributed by atoms with Crippen LogP contribution in [0.5, 0.6) is 0 Å². The number of rotatable bonds is 7. The Morgan fingerprint density at radius 1 is 1.20 bits per heavy atom. The second-order valence-electron chi connectivity index (χ2n) is 6.95. The molecule has 1 amide bonds. The van der Waals surface area contributed by atoms with Crippen molar-refractivity contribution in [3.8, 4) is 0 Å². The molecule has 0 saturated carbocycles. The minimum absolute atomic E-state index is 0.0778. The fourth-order valence-electron chi connectivity index (χ4n) is 3.41. The first-order chi connectivity index (χ1) is 12.2. The molecule has 1 aliphatic heterocycles. The summed E-state index contributed by atoms with van der Waals surface area (Å²) < 4.78 is 1.96. The summed E-state index contributed by atoms with van der Waals surface area (Å²) in [6.45, 7) is 5.98. The zero-order chi connectivity index (χ0) is 17.5. The summed E-state index contributed by atoms with van der Waals surface area (Å²) >= 11 is 0. The minimum atomic E-state index is 0.0778. The van der Waals surface area contributed by atoms with Gasteiger partial charge in [-0.3, -0.25) is 9.69 Å². The van der Waals surface area contributed by atoms with Crippen LogP contribution in [0.2, 0.25) is 0 Å². The third kappa shape index (κ3) is 5.16. The zero-order valence-corrected chi connectivity index (χ0v) is 15.0. The van der Waals surface area contributed by atoms with Gasteiger partial charge in [-0.05, 0) is 44.0 Å². The first-order valence-electron chi connectivity index (χ1n) is 9.25. The van der Waals surface area contributed by atoms with Gasteiger partial charge in [0, 0.05) is 37.9 Å². The first-order valence-corrected chi connectivity index (χ1v) is 9.25. The van der Waals surface area contributed by atoms with Gasteiger partial charge in [0.05, 0.1) is 6.33 Å². The number of carbonyl (C=O) groups excluding carboxylic acids is 1. The molecule has 2 aromatic rings. The van der Waals surface area contributed by atoms with Crippen molar-refractivity contribution in [2.45, 2.75) is 51.7 Å². The predicted molar refractivity (Wildman–Crippen MR) is 99.0 cm³/mol. The number of imidazole rings is 1. The highest BCUT2D eigenvalue weighted by Crippen LogP contribution is 2.16. The van der Waals surface area contributed by atoms with Crippen LogP contribution < -0.4 is 5.32 Å². The van der Waals surface area contributed by atoms with E-state index in [1.165, 1.54) is 43.5 Å². The van der Waals surface area contributed by atoms with Gasteiger partial charge in [0.25, 0.3) is 0 Å². The number of hydrogen-bond acceptors (Lipinski definition) is 3. The monoisotopic (exact) mass is 340 g/mol. The van der Waals surface area contributed by atoms with Crippen LogP contribution in [0.4, 0.5) is 0 Å². The number of nitrogens with zero attached hydrogens (tertiary/aromatic N) is 3. The Bertz CT molecular complexity index is 662. The predicted octanol–water partition coefficient (Wildman–Crippen LogP) is 3.14. The summed E-state index contributed by atoms with van der Waals surface area (Å²) in [6.07, 6.45) is 9.80. The third-order valence-electron chi connectivity index (χ3n) is 4.95. The van der Waals surface area contributed by atoms with Gasteiger partial charge in [-0.15, -0.1) is 0 Å². The zero-order valence-electron chi connectivity index (χ0n) is 15.0. The molecule has 1 saturated heterocycles. The molecule has 5 heteroatoms. The van der Waals surface area contributed by atoms with Crippen LogP contribution in [0, 0.1) is 0 Å². The largest absolute Gasteiger partial charge is 0.352 e. The van der Waals surface area contributed by atoms with Crippen LogP contribution in [0.3, 0.4) is 0 Å². The van der Waals surface area contributed by atoms with Crippen molar-refractivity contribution in [1.82, 2.24) is 19.8 Å². The van der Waals surface area contributed by atoms with E-state index in [2.05, 4.69) is 39.5 Å². The van der Waals surface area contributed by atoms with Crippen LogP contribution >= 0.6 is 0 Å². The third-order valence-corrected chi connectivity index (χ3v) is 4.95. The molecule has 3 rings (SSSR count). The number of likely N-dealkylation sites (tertiary alicyclic amines) is 1. The Balaban J connectivity index is 1.53. The van der Waals surface area contributed by atoms with Crippen molar-refractivity contribution >= 4 is 5.91 Å². The summed E-state index contributed by atoms with van der Waals surface area (Å²) in [5.74, 6) is 0.0778. The smallest absolute Gasteiger partial charge is 0.222 e. The van der Waals surface area contributed by atoms with Crippen molar-refractivity contribution in [3.63, 3.8) is 0 Å². The quantitative estimate of drug-likeness (QED) is 0.842. The lowest BCUT2D eigenvalue weighted by atomic mass is 10.0. The average molecular weight is 340 g/mol. The molecular weight excluding hydrogens is 312 g/mol. The van der Waals surface area contributed by atoms with Crippen molar-refractivity contribution in [2.75, 3.05) is 13.1 Å². The molecule has 1 unspecified atom stereocenters. The summed E-state index contributed by atoms with van der Waals surface area (Å²) in [6, 6.07) is 8.57. The van der Waals surface area contributed by atoms with E-state index >= 15 is 0 Å². The van der Waals surface area contributed by atoms with E-state index in [9.17, 15) is 4.79 Å². The van der Waals surface area contributed by atoms with E-state index in [4.69, 9.17) is 0 Å². The van der Waals surface area contributed by atoms with Gasteiger partial charge in [0.1, 0.15) is 0 Å². The molecule has 0 radical (unpaired) electrons. The highest BCUT2D eigenvalue weighted by atomic mass is 16.1. The molecule has 1 N–H and O–H groups in total. The molecule has 1 aromatic heterocycles. The van der Waals surface area contributed by atoms with Crippen molar-refractivity contribution in [1.29, 1.82) is 0 Å². The maximum Gasteiger partial charge on any atom is 0.222 e. The normalized spacial score (nSPS) is 16.5. The molecule has 1 aromatic carbocycles. The van der Waals surface area contributed by atoms with Crippen molar-refractivity contribution < 1.29 is 4.79 Å². The fourth-order valence-corrected chi connectivity index (χ4v) is 3.41. The maximum atomic E-state index is 12.3. The van der Waals surface area contributed by atoms with E-state index in [1.807, 2.05) is 17.7 Å². The SMILES string of the molecule is CC(CC(=O)NCc1ccccc1CN1CCCCC1)n1ccnc1. The van der Waals surface area contributed by atoms with E-state index < -0.39 is 0 Å². The highest BCUT2D eigenvalue weighted by molar-refractivity contribution is 5.76. The summed E-state index contributed by atoms with van der Waals surface area (Å²) in [5.41, 5.74) is 2.55. The first kappa shape index (κ1) is 17.7. The molecule has 1 atom stereocenters. The van der Waals surface area contributed by atoms with Gasteiger partial charge < -0.3 is 9.88 Å². The van der Waals surface area contributed by atoms with Crippen LogP contribution in [-0.4, -0.2) is 33.4 Å². The van der Waals surface area contributed by atoms with E-state index in [0.717, 1.165) is 6.54 Å². The average Bonchev–Trinajstić information content (AvgIpc) is 3.17. The number of aromatic nitrogens is 2. The number of hydrogen-bond donors (Lipinski definition) is 1. The van der Waals surface area contributed by atoms with Crippen LogP contribution in [-0.2, 0) is 17.9 Å². The van der Waals surface area contributed by atoms with Crippen molar-refractivity contribution in [2.24, 2.45) is 0 Å². The van der Waals surface area contributed by atoms with Crippen molar-refractivity contribution in [3.05, 3.63) is 54.1 Å². The Morgan fingerprint density at radius 2 is 1.96 bits per heavy atom. The second-order valence-corrected chi connectivity index (χ2v) is 6.95. The standard InChI is InChI=1S/C20H28N4O/c1-17(24-12-9-21-16-24)13-20(25)22-14-18-7-3-4-8-19(18)15-23-10-5-2-6-11-23/h3-4,7-9,12,16-17H,2,5-6,10-11,13-15H2,1H3,(H,22,25). The van der Waals surface area contributed by atoms with Crippen LogP contribution in [0.25, 0.3) is 0 Å². The molecule has 5 nitrogen and oxygen atoms in total. The number of piperidine rings is 1. The molecule has 134 valence electrons. The summed E-state index contributed by atoms with van der Waals surface area (Å²) in [4.78, 5) is 18.8. The number of carbonyl (C=O) groups is 1. The number of nitrogens with one attached hydrogen (secondary N) is 1. The highest BCUT2D eigenvalue weighted by Gasteiger charge is 2.14. The van der Waals surface area contributed by atoms with Gasteiger partial charge in [-0.2, -0.15) is 0 Å². The van der Waals surface area contributed by atoms with Gasteiger partial charge in [0.2, 0.25) is 5.91 Å². The van der Waals surface area contributed by atoms with E-state index in [0.29, 0.717) is 13.0 Å². The minimum Gasteiger partial charge on any atom is -0.352 e. The molecule has 25 heavy (non-hydrogen) atoms.